The van der Waals surface area contributed by atoms with Gasteiger partial charge in [-0.2, -0.15) is 0 Å². The molecule has 3 N–H and O–H groups in total. The molecule has 0 heterocycles. The monoisotopic (exact) mass is 1140 g/mol. The number of amides is 1. The van der Waals surface area contributed by atoms with Crippen molar-refractivity contribution in [2.45, 2.75) is 418 Å². The van der Waals surface area contributed by atoms with E-state index in [0.717, 1.165) is 44.9 Å². The van der Waals surface area contributed by atoms with E-state index in [0.29, 0.717) is 19.4 Å². The molecule has 2 unspecified atom stereocenters. The highest BCUT2D eigenvalue weighted by Gasteiger charge is 2.18. The van der Waals surface area contributed by atoms with Crippen LogP contribution >= 0.6 is 0 Å². The number of hydrogen-bond donors (Lipinski definition) is 3. The zero-order valence-corrected chi connectivity index (χ0v) is 54.8. The fourth-order valence-electron chi connectivity index (χ4n) is 11.5. The van der Waals surface area contributed by atoms with Gasteiger partial charge in [0.25, 0.3) is 0 Å². The van der Waals surface area contributed by atoms with Crippen LogP contribution in [0.25, 0.3) is 0 Å². The third-order valence-corrected chi connectivity index (χ3v) is 17.1. The van der Waals surface area contributed by atoms with Crippen molar-refractivity contribution in [2.24, 2.45) is 0 Å². The van der Waals surface area contributed by atoms with Gasteiger partial charge in [0.1, 0.15) is 0 Å². The summed E-state index contributed by atoms with van der Waals surface area (Å²) < 4.78 is 5.50. The summed E-state index contributed by atoms with van der Waals surface area (Å²) in [5.74, 6) is -0.0566. The van der Waals surface area contributed by atoms with Crippen LogP contribution in [-0.2, 0) is 14.3 Å². The minimum Gasteiger partial charge on any atom is -0.466 e. The minimum atomic E-state index is -0.848. The van der Waals surface area contributed by atoms with Crippen molar-refractivity contribution in [1.29, 1.82) is 0 Å². The molecule has 0 fully saturated rings. The van der Waals surface area contributed by atoms with Gasteiger partial charge in [0.05, 0.1) is 25.4 Å². The molecular weight excluding hydrogens is 995 g/mol. The van der Waals surface area contributed by atoms with E-state index in [-0.39, 0.29) is 18.5 Å². The van der Waals surface area contributed by atoms with E-state index in [1.54, 1.807) is 6.08 Å². The Morgan fingerprint density at radius 1 is 0.333 bits per heavy atom. The van der Waals surface area contributed by atoms with Crippen molar-refractivity contribution in [3.8, 4) is 0 Å². The molecule has 0 radical (unpaired) electrons. The number of unbranched alkanes of at least 4 members (excludes halogenated alkanes) is 54. The summed E-state index contributed by atoms with van der Waals surface area (Å²) >= 11 is 0. The summed E-state index contributed by atoms with van der Waals surface area (Å²) in [6, 6.07) is -0.632. The quantitative estimate of drug-likeness (QED) is 0.0320. The SMILES string of the molecule is CCCCCCCCC/C=C\CCCCCCCCCC(=O)OCCCCCCCCCCCCCC/C=C\CCCCCCCCCCCC(=O)NC(CO)C(O)/C=C/CCCCCCCCCCCCCCCCCCCCC. The second kappa shape index (κ2) is 70.6. The van der Waals surface area contributed by atoms with Crippen molar-refractivity contribution >= 4 is 11.9 Å². The summed E-state index contributed by atoms with van der Waals surface area (Å²) in [6.07, 6.45) is 90.9. The third kappa shape index (κ3) is 67.1. The van der Waals surface area contributed by atoms with Gasteiger partial charge in [-0.25, -0.2) is 0 Å². The number of carbonyl (C=O) groups excluding carboxylic acids is 2. The van der Waals surface area contributed by atoms with Crippen molar-refractivity contribution in [3.63, 3.8) is 0 Å². The highest BCUT2D eigenvalue weighted by Crippen LogP contribution is 2.18. The van der Waals surface area contributed by atoms with Gasteiger partial charge in [0.2, 0.25) is 5.91 Å². The first-order valence-corrected chi connectivity index (χ1v) is 36.8. The Balaban J connectivity index is 3.41. The van der Waals surface area contributed by atoms with Crippen LogP contribution in [0.15, 0.2) is 36.5 Å². The van der Waals surface area contributed by atoms with E-state index in [1.165, 1.54) is 334 Å². The van der Waals surface area contributed by atoms with Crippen LogP contribution < -0.4 is 5.32 Å². The van der Waals surface area contributed by atoms with Gasteiger partial charge in [-0.05, 0) is 83.5 Å². The Hall–Kier alpha value is -1.92. The van der Waals surface area contributed by atoms with Crippen LogP contribution in [-0.4, -0.2) is 47.4 Å². The molecule has 1 amide bonds. The molecule has 6 heteroatoms. The number of aliphatic hydroxyl groups excluding tert-OH is 2. The topological polar surface area (TPSA) is 95.9 Å². The van der Waals surface area contributed by atoms with E-state index in [1.807, 2.05) is 6.08 Å². The Kier molecular flexibility index (Phi) is 68.9. The molecule has 0 rings (SSSR count). The van der Waals surface area contributed by atoms with Crippen LogP contribution in [0.2, 0.25) is 0 Å². The third-order valence-electron chi connectivity index (χ3n) is 17.1. The van der Waals surface area contributed by atoms with Crippen molar-refractivity contribution in [2.75, 3.05) is 13.2 Å². The summed E-state index contributed by atoms with van der Waals surface area (Å²) in [5, 5.41) is 23.3. The lowest BCUT2D eigenvalue weighted by molar-refractivity contribution is -0.143. The predicted molar refractivity (Wildman–Crippen MR) is 356 cm³/mol. The molecule has 0 spiro atoms. The summed E-state index contributed by atoms with van der Waals surface area (Å²) in [6.45, 7) is 4.94. The maximum atomic E-state index is 12.5. The molecule has 0 aliphatic carbocycles. The number of carbonyl (C=O) groups is 2. The molecule has 0 bridgehead atoms. The number of esters is 1. The zero-order chi connectivity index (χ0) is 58.5. The average molecular weight is 1140 g/mol. The summed E-state index contributed by atoms with van der Waals surface area (Å²) in [7, 11) is 0. The molecule has 81 heavy (non-hydrogen) atoms. The molecule has 0 aliphatic heterocycles. The second-order valence-corrected chi connectivity index (χ2v) is 25.3. The number of ether oxygens (including phenoxy) is 1. The van der Waals surface area contributed by atoms with Crippen LogP contribution in [0.3, 0.4) is 0 Å². The van der Waals surface area contributed by atoms with Crippen LogP contribution in [0.4, 0.5) is 0 Å². The van der Waals surface area contributed by atoms with Gasteiger partial charge in [0, 0.05) is 12.8 Å². The van der Waals surface area contributed by atoms with E-state index in [9.17, 15) is 19.8 Å². The predicted octanol–water partition coefficient (Wildman–Crippen LogP) is 23.9. The van der Waals surface area contributed by atoms with E-state index < -0.39 is 12.1 Å². The van der Waals surface area contributed by atoms with Gasteiger partial charge in [-0.15, -0.1) is 0 Å². The van der Waals surface area contributed by atoms with Gasteiger partial charge < -0.3 is 20.3 Å². The fourth-order valence-corrected chi connectivity index (χ4v) is 11.5. The van der Waals surface area contributed by atoms with Gasteiger partial charge in [0.15, 0.2) is 0 Å². The first-order valence-electron chi connectivity index (χ1n) is 36.8. The smallest absolute Gasteiger partial charge is 0.305 e. The average Bonchev–Trinajstić information content (AvgIpc) is 3.47. The molecule has 478 valence electrons. The lowest BCUT2D eigenvalue weighted by Gasteiger charge is -2.20. The van der Waals surface area contributed by atoms with E-state index in [2.05, 4.69) is 43.5 Å². The first kappa shape index (κ1) is 79.1. The summed E-state index contributed by atoms with van der Waals surface area (Å²) in [5.41, 5.74) is 0. The Bertz CT molecular complexity index is 1310. The molecule has 2 atom stereocenters. The molecule has 0 aliphatic rings. The highest BCUT2D eigenvalue weighted by molar-refractivity contribution is 5.76. The van der Waals surface area contributed by atoms with Crippen molar-refractivity contribution in [1.82, 2.24) is 5.32 Å². The molecule has 0 aromatic heterocycles. The Labute approximate surface area is 506 Å². The molecule has 0 aromatic carbocycles. The second-order valence-electron chi connectivity index (χ2n) is 25.3. The van der Waals surface area contributed by atoms with E-state index >= 15 is 0 Å². The van der Waals surface area contributed by atoms with Crippen molar-refractivity contribution < 1.29 is 24.5 Å². The maximum Gasteiger partial charge on any atom is 0.305 e. The fraction of sp³-hybridized carbons (Fsp3) is 0.893. The largest absolute Gasteiger partial charge is 0.466 e. The van der Waals surface area contributed by atoms with Crippen LogP contribution in [0, 0.1) is 0 Å². The minimum absolute atomic E-state index is 0.0108. The lowest BCUT2D eigenvalue weighted by atomic mass is 10.0. The number of hydrogen-bond acceptors (Lipinski definition) is 5. The Morgan fingerprint density at radius 3 is 0.877 bits per heavy atom. The number of nitrogens with one attached hydrogen (secondary N) is 1. The first-order chi connectivity index (χ1) is 40.0. The summed E-state index contributed by atoms with van der Waals surface area (Å²) in [4.78, 5) is 24.6. The molecular formula is C75H143NO5. The normalized spacial score (nSPS) is 12.7. The number of allylic oxidation sites excluding steroid dienone is 5. The van der Waals surface area contributed by atoms with Gasteiger partial charge in [-0.1, -0.05) is 346 Å². The highest BCUT2D eigenvalue weighted by atomic mass is 16.5. The van der Waals surface area contributed by atoms with Crippen LogP contribution in [0.5, 0.6) is 0 Å². The maximum absolute atomic E-state index is 12.5. The van der Waals surface area contributed by atoms with Gasteiger partial charge in [-0.3, -0.25) is 9.59 Å². The molecule has 0 saturated heterocycles. The number of aliphatic hydroxyl groups is 2. The van der Waals surface area contributed by atoms with Crippen LogP contribution in [0.1, 0.15) is 406 Å². The Morgan fingerprint density at radius 2 is 0.580 bits per heavy atom. The van der Waals surface area contributed by atoms with Crippen molar-refractivity contribution in [3.05, 3.63) is 36.5 Å². The van der Waals surface area contributed by atoms with E-state index in [4.69, 9.17) is 4.74 Å². The number of rotatable bonds is 69. The molecule has 6 nitrogen and oxygen atoms in total. The van der Waals surface area contributed by atoms with Gasteiger partial charge >= 0.3 is 5.97 Å². The molecule has 0 saturated carbocycles. The standard InChI is InChI=1S/C75H143NO5/c1-3-5-7-9-11-13-15-17-19-21-23-29-32-35-39-43-47-51-55-59-63-67-73(78)72(71-77)76-74(79)68-64-60-56-52-48-44-40-36-33-30-27-25-24-26-28-31-34-38-42-46-50-54-58-62-66-70-81-75(80)69-65-61-57-53-49-45-41-37-22-20-18-16-14-12-10-8-6-4-2/h20,22,25,27,63,67,72-73,77-78H,3-19,21,23-24,26,28-62,64-66,68-71H2,1-2H3,(H,76,79)/b22-20-,27-25-,67-63+. The lowest BCUT2D eigenvalue weighted by Crippen LogP contribution is -2.45. The molecule has 0 aromatic rings. The zero-order valence-electron chi connectivity index (χ0n) is 54.8.